The van der Waals surface area contributed by atoms with Gasteiger partial charge >= 0.3 is 0 Å². The van der Waals surface area contributed by atoms with Crippen LogP contribution in [0.5, 0.6) is 0 Å². The highest BCUT2D eigenvalue weighted by atomic mass is 16.7. The van der Waals surface area contributed by atoms with Gasteiger partial charge in [0, 0.05) is 0 Å². The summed E-state index contributed by atoms with van der Waals surface area (Å²) in [6.45, 7) is 3.34. The summed E-state index contributed by atoms with van der Waals surface area (Å²) in [5, 5.41) is 75.0. The first-order valence-corrected chi connectivity index (χ1v) is 19.1. The minimum absolute atomic E-state index is 0.246. The molecule has 1 heterocycles. The van der Waals surface area contributed by atoms with E-state index in [-0.39, 0.29) is 6.42 Å². The van der Waals surface area contributed by atoms with Crippen LogP contribution in [0.25, 0.3) is 0 Å². The Hall–Kier alpha value is -1.15. The fourth-order valence-electron chi connectivity index (χ4n) is 6.02. The Morgan fingerprint density at radius 1 is 0.708 bits per heavy atom. The number of ether oxygens (including phenoxy) is 2. The molecule has 9 unspecified atom stereocenters. The number of unbranched alkanes of at least 4 members (excludes halogenated alkanes) is 16. The molecular formula is C37H71NO10. The molecule has 1 aliphatic heterocycles. The lowest BCUT2D eigenvalue weighted by Crippen LogP contribution is -2.60. The van der Waals surface area contributed by atoms with Gasteiger partial charge in [-0.1, -0.05) is 122 Å². The number of carbonyl (C=O) groups is 1. The molecule has 0 saturated carbocycles. The highest BCUT2D eigenvalue weighted by Crippen LogP contribution is 2.23. The zero-order chi connectivity index (χ0) is 35.6. The van der Waals surface area contributed by atoms with E-state index in [1.54, 1.807) is 0 Å². The molecule has 1 rings (SSSR count). The average molecular weight is 690 g/mol. The first kappa shape index (κ1) is 44.9. The molecule has 0 radical (unpaired) electrons. The molecule has 48 heavy (non-hydrogen) atoms. The molecule has 1 aliphatic rings. The Balaban J connectivity index is 2.60. The number of aliphatic hydroxyl groups excluding tert-OH is 7. The fourth-order valence-corrected chi connectivity index (χ4v) is 6.02. The molecule has 9 atom stereocenters. The molecule has 11 nitrogen and oxygen atoms in total. The van der Waals surface area contributed by atoms with E-state index in [0.29, 0.717) is 19.3 Å². The van der Waals surface area contributed by atoms with Crippen molar-refractivity contribution in [1.82, 2.24) is 5.32 Å². The zero-order valence-corrected chi connectivity index (χ0v) is 30.0. The summed E-state index contributed by atoms with van der Waals surface area (Å²) in [5.41, 5.74) is 0. The number of amides is 1. The van der Waals surface area contributed by atoms with Crippen LogP contribution in [0.3, 0.4) is 0 Å². The maximum Gasteiger partial charge on any atom is 0.249 e. The van der Waals surface area contributed by atoms with Gasteiger partial charge in [0.25, 0.3) is 0 Å². The van der Waals surface area contributed by atoms with E-state index < -0.39 is 74.2 Å². The molecule has 0 aromatic carbocycles. The molecule has 1 fully saturated rings. The molecule has 284 valence electrons. The molecule has 0 aromatic rings. The van der Waals surface area contributed by atoms with Crippen LogP contribution < -0.4 is 5.32 Å². The third kappa shape index (κ3) is 19.3. The molecule has 0 aliphatic carbocycles. The summed E-state index contributed by atoms with van der Waals surface area (Å²) in [5.74, 6) is -0.711. The topological polar surface area (TPSA) is 189 Å². The lowest BCUT2D eigenvalue weighted by Gasteiger charge is -2.40. The molecule has 0 aromatic heterocycles. The van der Waals surface area contributed by atoms with Crippen LogP contribution in [0.2, 0.25) is 0 Å². The van der Waals surface area contributed by atoms with Crippen LogP contribution in [-0.2, 0) is 14.3 Å². The van der Waals surface area contributed by atoms with Crippen LogP contribution in [0.15, 0.2) is 12.2 Å². The predicted octanol–water partition coefficient (Wildman–Crippen LogP) is 4.16. The third-order valence-electron chi connectivity index (χ3n) is 9.32. The summed E-state index contributed by atoms with van der Waals surface area (Å²) in [4.78, 5) is 12.9. The molecular weight excluding hydrogens is 618 g/mol. The van der Waals surface area contributed by atoms with Crippen LogP contribution >= 0.6 is 0 Å². The second-order valence-corrected chi connectivity index (χ2v) is 13.6. The van der Waals surface area contributed by atoms with Crippen LogP contribution in [0.4, 0.5) is 0 Å². The van der Waals surface area contributed by atoms with Crippen LogP contribution in [0, 0.1) is 0 Å². The van der Waals surface area contributed by atoms with Crippen molar-refractivity contribution in [3.63, 3.8) is 0 Å². The number of carbonyl (C=O) groups excluding carboxylic acids is 1. The Morgan fingerprint density at radius 3 is 1.79 bits per heavy atom. The average Bonchev–Trinajstić information content (AvgIpc) is 3.08. The van der Waals surface area contributed by atoms with Crippen LogP contribution in [0.1, 0.15) is 149 Å². The van der Waals surface area contributed by atoms with E-state index in [2.05, 4.69) is 31.3 Å². The van der Waals surface area contributed by atoms with Gasteiger partial charge in [0.1, 0.15) is 36.6 Å². The lowest BCUT2D eigenvalue weighted by atomic mass is 9.98. The van der Waals surface area contributed by atoms with Gasteiger partial charge in [-0.25, -0.2) is 0 Å². The van der Waals surface area contributed by atoms with Gasteiger partial charge in [-0.15, -0.1) is 0 Å². The van der Waals surface area contributed by atoms with Gasteiger partial charge in [-0.3, -0.25) is 4.79 Å². The van der Waals surface area contributed by atoms with E-state index in [1.165, 1.54) is 57.8 Å². The minimum atomic E-state index is -1.66. The van der Waals surface area contributed by atoms with Crippen molar-refractivity contribution in [3.05, 3.63) is 12.2 Å². The molecule has 1 saturated heterocycles. The number of hydrogen-bond acceptors (Lipinski definition) is 10. The first-order valence-electron chi connectivity index (χ1n) is 19.1. The van der Waals surface area contributed by atoms with Gasteiger partial charge in [0.2, 0.25) is 5.91 Å². The van der Waals surface area contributed by atoms with Gasteiger partial charge in [-0.05, 0) is 38.5 Å². The molecule has 0 spiro atoms. The second kappa shape index (κ2) is 28.5. The maximum atomic E-state index is 12.9. The van der Waals surface area contributed by atoms with E-state index >= 15 is 0 Å². The normalized spacial score (nSPS) is 24.1. The summed E-state index contributed by atoms with van der Waals surface area (Å²) in [7, 11) is 0. The second-order valence-electron chi connectivity index (χ2n) is 13.6. The van der Waals surface area contributed by atoms with E-state index in [4.69, 9.17) is 9.47 Å². The van der Waals surface area contributed by atoms with Gasteiger partial charge < -0.3 is 50.5 Å². The van der Waals surface area contributed by atoms with Crippen molar-refractivity contribution in [1.29, 1.82) is 0 Å². The van der Waals surface area contributed by atoms with Crippen LogP contribution in [-0.4, -0.2) is 110 Å². The van der Waals surface area contributed by atoms with Gasteiger partial charge in [0.15, 0.2) is 6.29 Å². The number of allylic oxidation sites excluding steroid dienone is 2. The summed E-state index contributed by atoms with van der Waals surface area (Å²) < 4.78 is 11.0. The predicted molar refractivity (Wildman–Crippen MR) is 187 cm³/mol. The fraction of sp³-hybridized carbons (Fsp3) is 0.919. The smallest absolute Gasteiger partial charge is 0.249 e. The van der Waals surface area contributed by atoms with Crippen molar-refractivity contribution in [2.45, 2.75) is 204 Å². The lowest BCUT2D eigenvalue weighted by molar-refractivity contribution is -0.303. The molecule has 0 bridgehead atoms. The van der Waals surface area contributed by atoms with E-state index in [9.17, 15) is 40.5 Å². The summed E-state index contributed by atoms with van der Waals surface area (Å²) >= 11 is 0. The number of rotatable bonds is 30. The molecule has 1 amide bonds. The van der Waals surface area contributed by atoms with Crippen molar-refractivity contribution in [2.24, 2.45) is 0 Å². The molecule has 11 heteroatoms. The highest BCUT2D eigenvalue weighted by molar-refractivity contribution is 5.80. The Kier molecular flexibility index (Phi) is 26.7. The van der Waals surface area contributed by atoms with Crippen molar-refractivity contribution in [2.75, 3.05) is 13.2 Å². The van der Waals surface area contributed by atoms with Gasteiger partial charge in [-0.2, -0.15) is 0 Å². The number of hydrogen-bond donors (Lipinski definition) is 8. The number of nitrogens with one attached hydrogen (secondary N) is 1. The quantitative estimate of drug-likeness (QED) is 0.0402. The maximum absolute atomic E-state index is 12.9. The minimum Gasteiger partial charge on any atom is -0.394 e. The monoisotopic (exact) mass is 690 g/mol. The summed E-state index contributed by atoms with van der Waals surface area (Å²) in [6.07, 6.45) is 14.2. The Morgan fingerprint density at radius 2 is 1.21 bits per heavy atom. The van der Waals surface area contributed by atoms with Crippen molar-refractivity contribution >= 4 is 5.91 Å². The number of aliphatic hydroxyl groups is 7. The largest absolute Gasteiger partial charge is 0.394 e. The molecule has 8 N–H and O–H groups in total. The Labute approximate surface area is 290 Å². The SMILES string of the molecule is CCCCC/C=C\CCCCCCC(O)C(=O)NC(COC1OC(CO)C(O)C(O)C1O)C(O)C(O)CCCCCCCCCCCC. The first-order chi connectivity index (χ1) is 23.2. The zero-order valence-electron chi connectivity index (χ0n) is 30.0. The third-order valence-corrected chi connectivity index (χ3v) is 9.32. The van der Waals surface area contributed by atoms with Crippen molar-refractivity contribution in [3.8, 4) is 0 Å². The Bertz CT molecular complexity index is 800. The van der Waals surface area contributed by atoms with E-state index in [0.717, 1.165) is 51.4 Å². The standard InChI is InChI=1S/C37H71NO10/c1-3-5-7-9-11-13-15-17-19-21-23-25-30(41)36(46)38-28(27-47-37-35(45)34(44)33(43)31(26-39)48-37)32(42)29(40)24-22-20-18-16-14-12-10-8-6-4-2/h11,13,28-35,37,39-45H,3-10,12,14-27H2,1-2H3,(H,38,46)/b13-11-. The highest BCUT2D eigenvalue weighted by Gasteiger charge is 2.44. The van der Waals surface area contributed by atoms with Crippen molar-refractivity contribution < 1.29 is 50.0 Å². The van der Waals surface area contributed by atoms with E-state index in [1.807, 2.05) is 0 Å². The van der Waals surface area contributed by atoms with Gasteiger partial charge in [0.05, 0.1) is 25.4 Å². The summed E-state index contributed by atoms with van der Waals surface area (Å²) in [6, 6.07) is -1.17.